The molecule has 0 aromatic rings. The van der Waals surface area contributed by atoms with Crippen molar-refractivity contribution in [2.24, 2.45) is 29.4 Å². The third-order valence-corrected chi connectivity index (χ3v) is 3.85. The van der Waals surface area contributed by atoms with Gasteiger partial charge in [0.05, 0.1) is 0 Å². The van der Waals surface area contributed by atoms with Crippen LogP contribution in [0.3, 0.4) is 0 Å². The second kappa shape index (κ2) is 5.50. The average Bonchev–Trinajstić information content (AvgIpc) is 2.10. The summed E-state index contributed by atoms with van der Waals surface area (Å²) in [6.07, 6.45) is -9.21. The number of nitrogens with two attached hydrogens (primary N) is 1. The molecule has 1 rings (SSSR count). The molecule has 2 N–H and O–H groups in total. The van der Waals surface area contributed by atoms with Crippen LogP contribution in [0.15, 0.2) is 0 Å². The van der Waals surface area contributed by atoms with Crippen LogP contribution in [0, 0.1) is 23.7 Å². The maximum absolute atomic E-state index is 12.6. The van der Waals surface area contributed by atoms with Crippen LogP contribution in [0.25, 0.3) is 0 Å². The molecule has 1 nitrogen and oxygen atoms in total. The number of alkyl halides is 6. The third-order valence-electron chi connectivity index (χ3n) is 3.85. The molecule has 1 fully saturated rings. The van der Waals surface area contributed by atoms with Crippen LogP contribution in [0.5, 0.6) is 0 Å². The van der Waals surface area contributed by atoms with Crippen LogP contribution in [0.1, 0.15) is 33.1 Å². The van der Waals surface area contributed by atoms with Crippen LogP contribution < -0.4 is 5.73 Å². The van der Waals surface area contributed by atoms with E-state index < -0.39 is 30.2 Å². The van der Waals surface area contributed by atoms with Gasteiger partial charge in [-0.25, -0.2) is 0 Å². The first-order chi connectivity index (χ1) is 8.43. The molecule has 0 bridgehead atoms. The van der Waals surface area contributed by atoms with E-state index in [9.17, 15) is 26.3 Å². The van der Waals surface area contributed by atoms with Crippen molar-refractivity contribution >= 4 is 0 Å². The van der Waals surface area contributed by atoms with E-state index in [1.807, 2.05) is 13.8 Å². The molecule has 114 valence electrons. The van der Waals surface area contributed by atoms with Gasteiger partial charge in [0.25, 0.3) is 0 Å². The maximum Gasteiger partial charge on any atom is 0.402 e. The van der Waals surface area contributed by atoms with Crippen LogP contribution in [0.4, 0.5) is 26.3 Å². The van der Waals surface area contributed by atoms with Gasteiger partial charge in [0.1, 0.15) is 0 Å². The van der Waals surface area contributed by atoms with Gasteiger partial charge in [-0.05, 0) is 37.0 Å². The zero-order valence-electron chi connectivity index (χ0n) is 10.9. The minimum absolute atomic E-state index is 0.113. The van der Waals surface area contributed by atoms with Gasteiger partial charge in [0, 0.05) is 6.04 Å². The van der Waals surface area contributed by atoms with Crippen molar-refractivity contribution in [3.05, 3.63) is 0 Å². The van der Waals surface area contributed by atoms with E-state index in [-0.39, 0.29) is 11.8 Å². The van der Waals surface area contributed by atoms with Crippen LogP contribution in [-0.2, 0) is 0 Å². The SMILES string of the molecule is CC1CC(C)CC(C(N)C(C(F)(F)F)C(F)(F)F)C1. The molecule has 1 aliphatic carbocycles. The van der Waals surface area contributed by atoms with E-state index >= 15 is 0 Å². The normalized spacial score (nSPS) is 31.6. The van der Waals surface area contributed by atoms with E-state index in [1.165, 1.54) is 0 Å². The van der Waals surface area contributed by atoms with E-state index in [2.05, 4.69) is 0 Å². The Labute approximate surface area is 108 Å². The maximum atomic E-state index is 12.6. The van der Waals surface area contributed by atoms with Crippen molar-refractivity contribution in [3.63, 3.8) is 0 Å². The summed E-state index contributed by atoms with van der Waals surface area (Å²) >= 11 is 0. The number of rotatable bonds is 2. The average molecular weight is 291 g/mol. The minimum atomic E-state index is -5.35. The lowest BCUT2D eigenvalue weighted by molar-refractivity contribution is -0.293. The van der Waals surface area contributed by atoms with Crippen molar-refractivity contribution in [2.45, 2.75) is 51.5 Å². The summed E-state index contributed by atoms with van der Waals surface area (Å²) in [4.78, 5) is 0. The van der Waals surface area contributed by atoms with Gasteiger partial charge in [-0.2, -0.15) is 26.3 Å². The lowest BCUT2D eigenvalue weighted by Crippen LogP contribution is -2.53. The summed E-state index contributed by atoms with van der Waals surface area (Å²) in [5.74, 6) is -3.93. The number of halogens is 6. The molecule has 3 atom stereocenters. The van der Waals surface area contributed by atoms with E-state index in [0.29, 0.717) is 12.8 Å². The van der Waals surface area contributed by atoms with Crippen molar-refractivity contribution in [3.8, 4) is 0 Å². The molecule has 0 aromatic heterocycles. The summed E-state index contributed by atoms with van der Waals surface area (Å²) in [5.41, 5.74) is 5.35. The Morgan fingerprint density at radius 2 is 1.21 bits per heavy atom. The highest BCUT2D eigenvalue weighted by atomic mass is 19.4. The fourth-order valence-electron chi connectivity index (χ4n) is 3.22. The highest BCUT2D eigenvalue weighted by molar-refractivity contribution is 4.92. The van der Waals surface area contributed by atoms with Gasteiger partial charge in [0.15, 0.2) is 5.92 Å². The molecule has 1 saturated carbocycles. The minimum Gasteiger partial charge on any atom is -0.327 e. The van der Waals surface area contributed by atoms with Gasteiger partial charge in [-0.15, -0.1) is 0 Å². The Kier molecular flexibility index (Phi) is 4.80. The molecular formula is C12H19F6N. The second-order valence-corrected chi connectivity index (χ2v) is 5.82. The lowest BCUT2D eigenvalue weighted by atomic mass is 9.71. The van der Waals surface area contributed by atoms with Crippen molar-refractivity contribution in [1.82, 2.24) is 0 Å². The van der Waals surface area contributed by atoms with Crippen molar-refractivity contribution in [1.29, 1.82) is 0 Å². The van der Waals surface area contributed by atoms with Crippen molar-refractivity contribution < 1.29 is 26.3 Å². The summed E-state index contributed by atoms with van der Waals surface area (Å²) < 4.78 is 75.7. The quantitative estimate of drug-likeness (QED) is 0.761. The van der Waals surface area contributed by atoms with Crippen LogP contribution in [-0.4, -0.2) is 18.4 Å². The molecule has 0 aromatic carbocycles. The smallest absolute Gasteiger partial charge is 0.327 e. The summed E-state index contributed by atoms with van der Waals surface area (Å²) in [5, 5.41) is 0. The predicted molar refractivity (Wildman–Crippen MR) is 59.2 cm³/mol. The van der Waals surface area contributed by atoms with Crippen LogP contribution >= 0.6 is 0 Å². The van der Waals surface area contributed by atoms with Crippen LogP contribution in [0.2, 0.25) is 0 Å². The molecule has 0 saturated heterocycles. The Morgan fingerprint density at radius 1 is 0.842 bits per heavy atom. The van der Waals surface area contributed by atoms with Gasteiger partial charge < -0.3 is 5.73 Å². The first-order valence-electron chi connectivity index (χ1n) is 6.32. The highest BCUT2D eigenvalue weighted by Gasteiger charge is 2.60. The Morgan fingerprint density at radius 3 is 1.53 bits per heavy atom. The van der Waals surface area contributed by atoms with E-state index in [1.54, 1.807) is 0 Å². The largest absolute Gasteiger partial charge is 0.402 e. The Balaban J connectivity index is 2.91. The van der Waals surface area contributed by atoms with Crippen molar-refractivity contribution in [2.75, 3.05) is 0 Å². The summed E-state index contributed by atoms with van der Waals surface area (Å²) in [7, 11) is 0. The van der Waals surface area contributed by atoms with E-state index in [0.717, 1.165) is 6.42 Å². The number of hydrogen-bond donors (Lipinski definition) is 1. The third kappa shape index (κ3) is 4.26. The number of hydrogen-bond acceptors (Lipinski definition) is 1. The second-order valence-electron chi connectivity index (χ2n) is 5.82. The molecule has 1 aliphatic rings. The van der Waals surface area contributed by atoms with E-state index in [4.69, 9.17) is 5.73 Å². The van der Waals surface area contributed by atoms with Gasteiger partial charge in [-0.1, -0.05) is 13.8 Å². The van der Waals surface area contributed by atoms with Gasteiger partial charge in [-0.3, -0.25) is 0 Å². The zero-order chi connectivity index (χ0) is 15.0. The predicted octanol–water partition coefficient (Wildman–Crippen LogP) is 4.13. The molecule has 0 amide bonds. The Bertz CT molecular complexity index is 274. The topological polar surface area (TPSA) is 26.0 Å². The molecule has 0 spiro atoms. The zero-order valence-corrected chi connectivity index (χ0v) is 10.9. The molecule has 0 aliphatic heterocycles. The first kappa shape index (κ1) is 16.6. The Hall–Kier alpha value is -0.460. The highest BCUT2D eigenvalue weighted by Crippen LogP contribution is 2.45. The van der Waals surface area contributed by atoms with Gasteiger partial charge in [0.2, 0.25) is 0 Å². The fraction of sp³-hybridized carbons (Fsp3) is 1.00. The summed E-state index contributed by atoms with van der Waals surface area (Å²) in [6, 6.07) is -1.91. The molecule has 0 heterocycles. The molecule has 19 heavy (non-hydrogen) atoms. The lowest BCUT2D eigenvalue weighted by Gasteiger charge is -2.39. The fourth-order valence-corrected chi connectivity index (χ4v) is 3.22. The summed E-state index contributed by atoms with van der Waals surface area (Å²) in [6.45, 7) is 3.68. The monoisotopic (exact) mass is 291 g/mol. The molecule has 0 radical (unpaired) electrons. The molecule has 3 unspecified atom stereocenters. The van der Waals surface area contributed by atoms with Gasteiger partial charge >= 0.3 is 12.4 Å². The first-order valence-corrected chi connectivity index (χ1v) is 6.32. The standard InChI is InChI=1S/C12H19F6N/c1-6-3-7(2)5-8(4-6)9(19)10(11(13,14)15)12(16,17)18/h6-10H,3-5,19H2,1-2H3. The molecular weight excluding hydrogens is 272 g/mol. The molecule has 7 heteroatoms.